The van der Waals surface area contributed by atoms with E-state index in [2.05, 4.69) is 5.32 Å². The fourth-order valence-electron chi connectivity index (χ4n) is 1.33. The van der Waals surface area contributed by atoms with E-state index in [9.17, 15) is 4.79 Å². The van der Waals surface area contributed by atoms with Crippen molar-refractivity contribution >= 4 is 5.91 Å². The highest BCUT2D eigenvalue weighted by atomic mass is 16.5. The number of nitrogens with one attached hydrogen (secondary N) is 1. The molecular formula is C9H18N2O3. The van der Waals surface area contributed by atoms with E-state index in [0.29, 0.717) is 19.7 Å². The van der Waals surface area contributed by atoms with E-state index in [1.54, 1.807) is 0 Å². The monoisotopic (exact) mass is 202 g/mol. The summed E-state index contributed by atoms with van der Waals surface area (Å²) in [7, 11) is 0. The number of carbonyl (C=O) groups is 1. The molecule has 0 aromatic heterocycles. The van der Waals surface area contributed by atoms with E-state index in [1.807, 2.05) is 0 Å². The van der Waals surface area contributed by atoms with E-state index >= 15 is 0 Å². The standard InChI is InChI=1S/C9H18N2O3/c10-3-5-13-7-9(12)11-6-8-2-1-4-14-8/h8H,1-7,10H2,(H,11,12). The average molecular weight is 202 g/mol. The van der Waals surface area contributed by atoms with Crippen LogP contribution in [0, 0.1) is 0 Å². The van der Waals surface area contributed by atoms with E-state index in [-0.39, 0.29) is 18.6 Å². The van der Waals surface area contributed by atoms with Crippen LogP contribution in [0.2, 0.25) is 0 Å². The van der Waals surface area contributed by atoms with Gasteiger partial charge in [-0.1, -0.05) is 0 Å². The zero-order valence-corrected chi connectivity index (χ0v) is 8.33. The van der Waals surface area contributed by atoms with Gasteiger partial charge in [0.25, 0.3) is 0 Å². The Labute approximate surface area is 83.9 Å². The number of nitrogens with two attached hydrogens (primary N) is 1. The molecule has 0 aromatic rings. The molecule has 5 nitrogen and oxygen atoms in total. The number of amides is 1. The molecule has 0 aliphatic carbocycles. The summed E-state index contributed by atoms with van der Waals surface area (Å²) in [6.45, 7) is 2.35. The highest BCUT2D eigenvalue weighted by molar-refractivity contribution is 5.77. The molecule has 1 heterocycles. The highest BCUT2D eigenvalue weighted by Gasteiger charge is 2.15. The van der Waals surface area contributed by atoms with Crippen LogP contribution in [-0.2, 0) is 14.3 Å². The smallest absolute Gasteiger partial charge is 0.246 e. The van der Waals surface area contributed by atoms with Gasteiger partial charge in [-0.25, -0.2) is 0 Å². The molecule has 0 bridgehead atoms. The molecule has 3 N–H and O–H groups in total. The normalized spacial score (nSPS) is 21.1. The van der Waals surface area contributed by atoms with Crippen LogP contribution in [-0.4, -0.2) is 44.9 Å². The quantitative estimate of drug-likeness (QED) is 0.556. The van der Waals surface area contributed by atoms with Crippen molar-refractivity contribution in [3.63, 3.8) is 0 Å². The lowest BCUT2D eigenvalue weighted by molar-refractivity contribution is -0.126. The summed E-state index contributed by atoms with van der Waals surface area (Å²) in [5, 5.41) is 2.75. The summed E-state index contributed by atoms with van der Waals surface area (Å²) in [5.74, 6) is -0.103. The van der Waals surface area contributed by atoms with Crippen LogP contribution in [0.15, 0.2) is 0 Å². The fraction of sp³-hybridized carbons (Fsp3) is 0.889. The number of carbonyl (C=O) groups excluding carboxylic acids is 1. The first-order valence-electron chi connectivity index (χ1n) is 4.99. The molecule has 5 heteroatoms. The average Bonchev–Trinajstić information content (AvgIpc) is 2.68. The van der Waals surface area contributed by atoms with Crippen LogP contribution in [0.25, 0.3) is 0 Å². The molecule has 1 aliphatic rings. The first-order chi connectivity index (χ1) is 6.83. The topological polar surface area (TPSA) is 73.6 Å². The molecular weight excluding hydrogens is 184 g/mol. The van der Waals surface area contributed by atoms with Crippen molar-refractivity contribution < 1.29 is 14.3 Å². The molecule has 0 radical (unpaired) electrons. The van der Waals surface area contributed by atoms with Gasteiger partial charge in [-0.15, -0.1) is 0 Å². The van der Waals surface area contributed by atoms with Gasteiger partial charge in [-0.2, -0.15) is 0 Å². The lowest BCUT2D eigenvalue weighted by atomic mass is 10.2. The lowest BCUT2D eigenvalue weighted by Crippen LogP contribution is -2.34. The van der Waals surface area contributed by atoms with Gasteiger partial charge < -0.3 is 20.5 Å². The Bertz CT molecular complexity index is 169. The maximum absolute atomic E-state index is 11.1. The van der Waals surface area contributed by atoms with Gasteiger partial charge in [0.05, 0.1) is 12.7 Å². The van der Waals surface area contributed by atoms with Crippen LogP contribution < -0.4 is 11.1 Å². The zero-order valence-electron chi connectivity index (χ0n) is 8.33. The first-order valence-corrected chi connectivity index (χ1v) is 4.99. The van der Waals surface area contributed by atoms with Crippen molar-refractivity contribution in [1.29, 1.82) is 0 Å². The van der Waals surface area contributed by atoms with Gasteiger partial charge >= 0.3 is 0 Å². The van der Waals surface area contributed by atoms with Crippen molar-refractivity contribution in [2.75, 3.05) is 32.9 Å². The number of hydrogen-bond donors (Lipinski definition) is 2. The Morgan fingerprint density at radius 3 is 3.14 bits per heavy atom. The highest BCUT2D eigenvalue weighted by Crippen LogP contribution is 2.10. The molecule has 14 heavy (non-hydrogen) atoms. The molecule has 0 saturated carbocycles. The minimum atomic E-state index is -0.103. The van der Waals surface area contributed by atoms with Crippen LogP contribution in [0.5, 0.6) is 0 Å². The first kappa shape index (κ1) is 11.4. The lowest BCUT2D eigenvalue weighted by Gasteiger charge is -2.10. The summed E-state index contributed by atoms with van der Waals surface area (Å²) in [6.07, 6.45) is 2.31. The van der Waals surface area contributed by atoms with Crippen molar-refractivity contribution in [1.82, 2.24) is 5.32 Å². The van der Waals surface area contributed by atoms with Crippen LogP contribution in [0.3, 0.4) is 0 Å². The Balaban J connectivity index is 1.96. The van der Waals surface area contributed by atoms with Gasteiger partial charge in [0, 0.05) is 19.7 Å². The second-order valence-electron chi connectivity index (χ2n) is 3.28. The molecule has 82 valence electrons. The Morgan fingerprint density at radius 1 is 1.64 bits per heavy atom. The fourth-order valence-corrected chi connectivity index (χ4v) is 1.33. The zero-order chi connectivity index (χ0) is 10.2. The second-order valence-corrected chi connectivity index (χ2v) is 3.28. The van der Waals surface area contributed by atoms with Gasteiger partial charge in [0.15, 0.2) is 0 Å². The van der Waals surface area contributed by atoms with Crippen LogP contribution >= 0.6 is 0 Å². The predicted octanol–water partition coefficient (Wildman–Crippen LogP) is -0.743. The maximum Gasteiger partial charge on any atom is 0.246 e. The molecule has 1 fully saturated rings. The molecule has 1 atom stereocenters. The van der Waals surface area contributed by atoms with Gasteiger partial charge in [-0.3, -0.25) is 4.79 Å². The molecule has 1 aliphatic heterocycles. The number of hydrogen-bond acceptors (Lipinski definition) is 4. The largest absolute Gasteiger partial charge is 0.376 e. The van der Waals surface area contributed by atoms with Crippen molar-refractivity contribution in [3.8, 4) is 0 Å². The van der Waals surface area contributed by atoms with Crippen LogP contribution in [0.1, 0.15) is 12.8 Å². The van der Waals surface area contributed by atoms with E-state index in [0.717, 1.165) is 19.4 Å². The maximum atomic E-state index is 11.1. The third kappa shape index (κ3) is 4.55. The van der Waals surface area contributed by atoms with Gasteiger partial charge in [0.1, 0.15) is 6.61 Å². The molecule has 1 saturated heterocycles. The second kappa shape index (κ2) is 6.75. The Kier molecular flexibility index (Phi) is 5.51. The van der Waals surface area contributed by atoms with Gasteiger partial charge in [0.2, 0.25) is 5.91 Å². The Hall–Kier alpha value is -0.650. The predicted molar refractivity (Wildman–Crippen MR) is 51.9 cm³/mol. The molecule has 1 unspecified atom stereocenters. The summed E-state index contributed by atoms with van der Waals surface area (Å²) >= 11 is 0. The Morgan fingerprint density at radius 2 is 2.50 bits per heavy atom. The van der Waals surface area contributed by atoms with E-state index < -0.39 is 0 Å². The summed E-state index contributed by atoms with van der Waals surface area (Å²) in [5.41, 5.74) is 5.21. The molecule has 0 aromatic carbocycles. The molecule has 0 spiro atoms. The SMILES string of the molecule is NCCOCC(=O)NCC1CCCO1. The van der Waals surface area contributed by atoms with Gasteiger partial charge in [-0.05, 0) is 12.8 Å². The van der Waals surface area contributed by atoms with Crippen LogP contribution in [0.4, 0.5) is 0 Å². The van der Waals surface area contributed by atoms with Crippen molar-refractivity contribution in [3.05, 3.63) is 0 Å². The summed E-state index contributed by atoms with van der Waals surface area (Å²) in [6, 6.07) is 0. The number of ether oxygens (including phenoxy) is 2. The third-order valence-corrected chi connectivity index (χ3v) is 2.05. The van der Waals surface area contributed by atoms with E-state index in [1.165, 1.54) is 0 Å². The minimum absolute atomic E-state index is 0.0872. The summed E-state index contributed by atoms with van der Waals surface area (Å²) < 4.78 is 10.3. The van der Waals surface area contributed by atoms with E-state index in [4.69, 9.17) is 15.2 Å². The molecule has 1 amide bonds. The van der Waals surface area contributed by atoms with Crippen molar-refractivity contribution in [2.24, 2.45) is 5.73 Å². The summed E-state index contributed by atoms with van der Waals surface area (Å²) in [4.78, 5) is 11.1. The minimum Gasteiger partial charge on any atom is -0.376 e. The third-order valence-electron chi connectivity index (χ3n) is 2.05. The van der Waals surface area contributed by atoms with Crippen molar-refractivity contribution in [2.45, 2.75) is 18.9 Å². The molecule has 1 rings (SSSR count). The number of rotatable bonds is 6.